The van der Waals surface area contributed by atoms with Crippen LogP contribution in [0.15, 0.2) is 60.8 Å². The molecule has 1 saturated carbocycles. The molecule has 0 bridgehead atoms. The predicted molar refractivity (Wildman–Crippen MR) is 135 cm³/mol. The Morgan fingerprint density at radius 1 is 0.794 bits per heavy atom. The summed E-state index contributed by atoms with van der Waals surface area (Å²) in [6.07, 6.45) is 11.0. The molecule has 178 valence electrons. The molecule has 1 aromatic heterocycles. The lowest BCUT2D eigenvalue weighted by Gasteiger charge is -2.41. The minimum Gasteiger partial charge on any atom is -0.490 e. The predicted octanol–water partition coefficient (Wildman–Crippen LogP) is 5.51. The fourth-order valence-electron chi connectivity index (χ4n) is 5.95. The van der Waals surface area contributed by atoms with Gasteiger partial charge in [0.1, 0.15) is 11.9 Å². The van der Waals surface area contributed by atoms with Gasteiger partial charge in [0.2, 0.25) is 0 Å². The van der Waals surface area contributed by atoms with E-state index >= 15 is 0 Å². The smallest absolute Gasteiger partial charge is 0.253 e. The first-order valence-corrected chi connectivity index (χ1v) is 13.1. The Labute approximate surface area is 202 Å². The van der Waals surface area contributed by atoms with Gasteiger partial charge in [-0.05, 0) is 74.9 Å². The topological polar surface area (TPSA) is 37.7 Å². The van der Waals surface area contributed by atoms with E-state index in [1.807, 2.05) is 35.2 Å². The Morgan fingerprint density at radius 3 is 2.26 bits per heavy atom. The third kappa shape index (κ3) is 4.34. The van der Waals surface area contributed by atoms with Crippen LogP contribution in [0.3, 0.4) is 0 Å². The van der Waals surface area contributed by atoms with Crippen molar-refractivity contribution in [3.63, 3.8) is 0 Å². The summed E-state index contributed by atoms with van der Waals surface area (Å²) in [7, 11) is 0. The molecule has 2 saturated heterocycles. The average molecular weight is 458 g/mol. The van der Waals surface area contributed by atoms with Crippen LogP contribution in [0.1, 0.15) is 61.3 Å². The summed E-state index contributed by atoms with van der Waals surface area (Å²) in [6, 6.07) is 19.7. The number of hydrogen-bond donors (Lipinski definition) is 0. The molecule has 3 aliphatic rings. The zero-order valence-electron chi connectivity index (χ0n) is 19.9. The van der Waals surface area contributed by atoms with Crippen LogP contribution in [0, 0.1) is 0 Å². The second kappa shape index (κ2) is 9.46. The van der Waals surface area contributed by atoms with Crippen molar-refractivity contribution in [1.82, 2.24) is 14.4 Å². The number of hydrogen-bond acceptors (Lipinski definition) is 3. The van der Waals surface area contributed by atoms with Crippen molar-refractivity contribution in [2.45, 2.75) is 63.1 Å². The number of rotatable bonds is 5. The van der Waals surface area contributed by atoms with Crippen LogP contribution in [0.2, 0.25) is 0 Å². The highest BCUT2D eigenvalue weighted by atomic mass is 16.5. The molecule has 3 heterocycles. The maximum atomic E-state index is 12.8. The number of fused-ring (bicyclic) bond motifs is 1. The van der Waals surface area contributed by atoms with E-state index in [0.29, 0.717) is 12.1 Å². The van der Waals surface area contributed by atoms with Gasteiger partial charge in [0.25, 0.3) is 5.91 Å². The average Bonchev–Trinajstić information content (AvgIpc) is 3.28. The zero-order valence-corrected chi connectivity index (χ0v) is 19.9. The molecule has 0 N–H and O–H groups in total. The van der Waals surface area contributed by atoms with E-state index in [2.05, 4.69) is 39.9 Å². The molecule has 5 nitrogen and oxygen atoms in total. The summed E-state index contributed by atoms with van der Waals surface area (Å²) >= 11 is 0. The van der Waals surface area contributed by atoms with Gasteiger partial charge in [-0.3, -0.25) is 4.79 Å². The lowest BCUT2D eigenvalue weighted by molar-refractivity contribution is 0.0494. The Kier molecular flexibility index (Phi) is 6.04. The Hall–Kier alpha value is -2.79. The van der Waals surface area contributed by atoms with Crippen LogP contribution >= 0.6 is 0 Å². The summed E-state index contributed by atoms with van der Waals surface area (Å²) in [5, 5.41) is 1.24. The van der Waals surface area contributed by atoms with E-state index in [9.17, 15) is 4.79 Å². The van der Waals surface area contributed by atoms with Gasteiger partial charge in [-0.1, -0.05) is 24.6 Å². The van der Waals surface area contributed by atoms with Gasteiger partial charge in [-0.15, -0.1) is 0 Å². The van der Waals surface area contributed by atoms with E-state index in [4.69, 9.17) is 4.74 Å². The molecule has 2 aliphatic heterocycles. The van der Waals surface area contributed by atoms with Crippen molar-refractivity contribution in [3.8, 4) is 5.75 Å². The fraction of sp³-hybridized carbons (Fsp3) is 0.483. The largest absolute Gasteiger partial charge is 0.490 e. The molecule has 0 atom stereocenters. The van der Waals surface area contributed by atoms with Crippen molar-refractivity contribution in [3.05, 3.63) is 66.4 Å². The van der Waals surface area contributed by atoms with Crippen molar-refractivity contribution < 1.29 is 9.53 Å². The van der Waals surface area contributed by atoms with Crippen LogP contribution in [0.25, 0.3) is 10.9 Å². The molecular formula is C29H35N3O2. The van der Waals surface area contributed by atoms with Gasteiger partial charge in [0.05, 0.1) is 0 Å². The van der Waals surface area contributed by atoms with Gasteiger partial charge in [-0.25, -0.2) is 0 Å². The van der Waals surface area contributed by atoms with Crippen LogP contribution in [-0.4, -0.2) is 58.6 Å². The van der Waals surface area contributed by atoms with Crippen molar-refractivity contribution in [2.75, 3.05) is 26.2 Å². The van der Waals surface area contributed by atoms with Crippen LogP contribution in [-0.2, 0) is 0 Å². The fourth-order valence-corrected chi connectivity index (χ4v) is 5.95. The third-order valence-corrected chi connectivity index (χ3v) is 8.23. The van der Waals surface area contributed by atoms with E-state index in [1.165, 1.54) is 43.3 Å². The molecular weight excluding hydrogens is 422 g/mol. The highest BCUT2D eigenvalue weighted by Gasteiger charge is 2.29. The van der Waals surface area contributed by atoms with Gasteiger partial charge in [-0.2, -0.15) is 0 Å². The van der Waals surface area contributed by atoms with Gasteiger partial charge < -0.3 is 19.1 Å². The standard InChI is InChI=1S/C29H35N3O2/c33-29(22-5-2-1-3-6-22)31-16-12-25(13-17-31)32-20-11-23-21-27(9-10-28(23)32)34-26-14-18-30(19-15-26)24-7-4-8-24/h1-3,5-6,9-11,20-21,24-26H,4,7-8,12-19H2. The molecule has 34 heavy (non-hydrogen) atoms. The van der Waals surface area contributed by atoms with Gasteiger partial charge in [0, 0.05) is 60.9 Å². The first-order valence-electron chi connectivity index (χ1n) is 13.1. The van der Waals surface area contributed by atoms with Crippen molar-refractivity contribution >= 4 is 16.8 Å². The summed E-state index contributed by atoms with van der Waals surface area (Å²) in [4.78, 5) is 17.5. The molecule has 3 fully saturated rings. The molecule has 1 amide bonds. The second-order valence-electron chi connectivity index (χ2n) is 10.3. The monoisotopic (exact) mass is 457 g/mol. The number of ether oxygens (including phenoxy) is 1. The maximum absolute atomic E-state index is 12.8. The van der Waals surface area contributed by atoms with Crippen molar-refractivity contribution in [1.29, 1.82) is 0 Å². The number of carbonyl (C=O) groups excluding carboxylic acids is 1. The number of nitrogens with zero attached hydrogens (tertiary/aromatic N) is 3. The lowest BCUT2D eigenvalue weighted by atomic mass is 9.90. The molecule has 3 aromatic rings. The minimum atomic E-state index is 0.150. The molecule has 6 rings (SSSR count). The van der Waals surface area contributed by atoms with Gasteiger partial charge in [0.15, 0.2) is 0 Å². The highest BCUT2D eigenvalue weighted by molar-refractivity contribution is 5.94. The highest BCUT2D eigenvalue weighted by Crippen LogP contribution is 2.32. The Morgan fingerprint density at radius 2 is 1.56 bits per heavy atom. The Balaban J connectivity index is 1.06. The molecule has 2 aromatic carbocycles. The van der Waals surface area contributed by atoms with Crippen LogP contribution in [0.4, 0.5) is 0 Å². The minimum absolute atomic E-state index is 0.150. The van der Waals surface area contributed by atoms with E-state index < -0.39 is 0 Å². The third-order valence-electron chi connectivity index (χ3n) is 8.23. The number of likely N-dealkylation sites (tertiary alicyclic amines) is 2. The molecule has 1 aliphatic carbocycles. The first-order chi connectivity index (χ1) is 16.7. The Bertz CT molecular complexity index is 1120. The molecule has 0 unspecified atom stereocenters. The maximum Gasteiger partial charge on any atom is 0.253 e. The summed E-state index contributed by atoms with van der Waals surface area (Å²) in [5.41, 5.74) is 2.05. The molecule has 0 spiro atoms. The number of piperidine rings is 2. The first kappa shape index (κ1) is 21.7. The van der Waals surface area contributed by atoms with E-state index in [0.717, 1.165) is 56.1 Å². The number of aromatic nitrogens is 1. The number of amides is 1. The molecule has 0 radical (unpaired) electrons. The number of carbonyl (C=O) groups is 1. The van der Waals surface area contributed by atoms with Gasteiger partial charge >= 0.3 is 0 Å². The lowest BCUT2D eigenvalue weighted by Crippen LogP contribution is -2.46. The molecule has 5 heteroatoms. The number of benzene rings is 2. The normalized spacial score (nSPS) is 21.0. The summed E-state index contributed by atoms with van der Waals surface area (Å²) in [6.45, 7) is 3.97. The van der Waals surface area contributed by atoms with E-state index in [-0.39, 0.29) is 5.91 Å². The summed E-state index contributed by atoms with van der Waals surface area (Å²) < 4.78 is 8.80. The quantitative estimate of drug-likeness (QED) is 0.507. The van der Waals surface area contributed by atoms with Crippen LogP contribution < -0.4 is 4.74 Å². The van der Waals surface area contributed by atoms with Crippen molar-refractivity contribution in [2.24, 2.45) is 0 Å². The van der Waals surface area contributed by atoms with E-state index in [1.54, 1.807) is 0 Å². The summed E-state index contributed by atoms with van der Waals surface area (Å²) in [5.74, 6) is 1.15. The zero-order chi connectivity index (χ0) is 22.9. The second-order valence-corrected chi connectivity index (χ2v) is 10.3. The van der Waals surface area contributed by atoms with Crippen LogP contribution in [0.5, 0.6) is 5.75 Å². The SMILES string of the molecule is O=C(c1ccccc1)N1CCC(n2ccc3cc(OC4CCN(C5CCC5)CC4)ccc32)CC1.